The van der Waals surface area contributed by atoms with E-state index in [2.05, 4.69) is 10.5 Å². The van der Waals surface area contributed by atoms with Crippen molar-refractivity contribution in [3.05, 3.63) is 36.1 Å². The Balaban J connectivity index is 2.11. The molecule has 2 aromatic rings. The highest BCUT2D eigenvalue weighted by atomic mass is 16.5. The first-order valence-corrected chi connectivity index (χ1v) is 5.74. The molecule has 0 saturated heterocycles. The number of aromatic hydroxyl groups is 1. The van der Waals surface area contributed by atoms with Crippen LogP contribution in [-0.4, -0.2) is 36.4 Å². The first kappa shape index (κ1) is 13.1. The number of rotatable bonds is 5. The van der Waals surface area contributed by atoms with Gasteiger partial charge in [-0.05, 0) is 12.1 Å². The first-order valence-electron chi connectivity index (χ1n) is 5.74. The summed E-state index contributed by atoms with van der Waals surface area (Å²) in [5, 5.41) is 16.1. The van der Waals surface area contributed by atoms with Gasteiger partial charge in [-0.1, -0.05) is 17.3 Å². The Bertz CT molecular complexity index is 565. The summed E-state index contributed by atoms with van der Waals surface area (Å²) in [5.74, 6) is -0.192. The summed E-state index contributed by atoms with van der Waals surface area (Å²) in [6.45, 7) is 0.814. The zero-order chi connectivity index (χ0) is 13.7. The number of nitrogens with zero attached hydrogens (tertiary/aromatic N) is 1. The van der Waals surface area contributed by atoms with Gasteiger partial charge in [0.25, 0.3) is 5.91 Å². The molecule has 0 unspecified atom stereocenters. The molecule has 0 aliphatic rings. The largest absolute Gasteiger partial charge is 0.507 e. The lowest BCUT2D eigenvalue weighted by Gasteiger charge is -2.00. The molecule has 0 saturated carbocycles. The molecule has 1 amide bonds. The lowest BCUT2D eigenvalue weighted by molar-refractivity contribution is 0.0900. The van der Waals surface area contributed by atoms with Crippen LogP contribution in [0.15, 0.2) is 34.9 Å². The molecule has 6 heteroatoms. The van der Waals surface area contributed by atoms with Crippen molar-refractivity contribution in [2.24, 2.45) is 0 Å². The lowest BCUT2D eigenvalue weighted by Crippen LogP contribution is -2.26. The molecule has 0 spiro atoms. The Morgan fingerprint density at radius 3 is 3.00 bits per heavy atom. The summed E-state index contributed by atoms with van der Waals surface area (Å²) >= 11 is 0. The zero-order valence-corrected chi connectivity index (χ0v) is 10.4. The van der Waals surface area contributed by atoms with Gasteiger partial charge in [-0.3, -0.25) is 4.79 Å². The van der Waals surface area contributed by atoms with Crippen molar-refractivity contribution in [2.45, 2.75) is 0 Å². The van der Waals surface area contributed by atoms with Gasteiger partial charge in [-0.25, -0.2) is 0 Å². The Kier molecular flexibility index (Phi) is 4.15. The number of phenols is 1. The van der Waals surface area contributed by atoms with Crippen LogP contribution in [-0.2, 0) is 4.74 Å². The molecule has 0 aliphatic carbocycles. The number of hydrogen-bond donors (Lipinski definition) is 2. The molecule has 1 aromatic heterocycles. The molecule has 0 aliphatic heterocycles. The van der Waals surface area contributed by atoms with Gasteiger partial charge in [0.1, 0.15) is 11.4 Å². The number of hydrogen-bond acceptors (Lipinski definition) is 5. The molecule has 1 aromatic carbocycles. The number of phenolic OH excluding ortho intramolecular Hbond substituents is 1. The number of ether oxygens (including phenoxy) is 1. The summed E-state index contributed by atoms with van der Waals surface area (Å²) < 4.78 is 9.78. The second kappa shape index (κ2) is 6.01. The second-order valence-corrected chi connectivity index (χ2v) is 3.84. The van der Waals surface area contributed by atoms with E-state index in [0.717, 1.165) is 0 Å². The van der Waals surface area contributed by atoms with Crippen LogP contribution in [0.4, 0.5) is 0 Å². The predicted molar refractivity (Wildman–Crippen MR) is 67.8 cm³/mol. The SMILES string of the molecule is COCCNC(=O)c1cc(-c2ccccc2O)no1. The van der Waals surface area contributed by atoms with Crippen LogP contribution in [0.25, 0.3) is 11.3 Å². The van der Waals surface area contributed by atoms with E-state index in [1.807, 2.05) is 0 Å². The van der Waals surface area contributed by atoms with Crippen molar-refractivity contribution in [3.63, 3.8) is 0 Å². The van der Waals surface area contributed by atoms with Gasteiger partial charge < -0.3 is 19.7 Å². The smallest absolute Gasteiger partial charge is 0.289 e. The van der Waals surface area contributed by atoms with E-state index in [0.29, 0.717) is 24.4 Å². The molecular weight excluding hydrogens is 248 g/mol. The fourth-order valence-corrected chi connectivity index (χ4v) is 1.55. The van der Waals surface area contributed by atoms with Crippen LogP contribution < -0.4 is 5.32 Å². The molecule has 0 atom stereocenters. The molecule has 2 N–H and O–H groups in total. The fourth-order valence-electron chi connectivity index (χ4n) is 1.55. The summed E-state index contributed by atoms with van der Waals surface area (Å²) in [6, 6.07) is 8.19. The molecule has 2 rings (SSSR count). The van der Waals surface area contributed by atoms with E-state index in [4.69, 9.17) is 9.26 Å². The maximum absolute atomic E-state index is 11.7. The molecule has 1 heterocycles. The molecule has 0 radical (unpaired) electrons. The van der Waals surface area contributed by atoms with Gasteiger partial charge >= 0.3 is 0 Å². The highest BCUT2D eigenvalue weighted by Gasteiger charge is 2.15. The van der Waals surface area contributed by atoms with Crippen molar-refractivity contribution in [1.29, 1.82) is 0 Å². The highest BCUT2D eigenvalue weighted by molar-refractivity contribution is 5.92. The van der Waals surface area contributed by atoms with E-state index in [9.17, 15) is 9.90 Å². The summed E-state index contributed by atoms with van der Waals surface area (Å²) in [6.07, 6.45) is 0. The number of methoxy groups -OCH3 is 1. The third-order valence-electron chi connectivity index (χ3n) is 2.51. The minimum Gasteiger partial charge on any atom is -0.507 e. The number of aromatic nitrogens is 1. The van der Waals surface area contributed by atoms with Crippen LogP contribution in [0.1, 0.15) is 10.6 Å². The van der Waals surface area contributed by atoms with Crippen LogP contribution >= 0.6 is 0 Å². The molecular formula is C13H14N2O4. The van der Waals surface area contributed by atoms with Gasteiger partial charge in [0.05, 0.1) is 6.61 Å². The lowest BCUT2D eigenvalue weighted by atomic mass is 10.1. The Morgan fingerprint density at radius 1 is 1.47 bits per heavy atom. The number of nitrogens with one attached hydrogen (secondary N) is 1. The predicted octanol–water partition coefficient (Wildman–Crippen LogP) is 1.42. The molecule has 19 heavy (non-hydrogen) atoms. The third-order valence-corrected chi connectivity index (χ3v) is 2.51. The maximum Gasteiger partial charge on any atom is 0.289 e. The quantitative estimate of drug-likeness (QED) is 0.796. The third kappa shape index (κ3) is 3.11. The second-order valence-electron chi connectivity index (χ2n) is 3.84. The minimum absolute atomic E-state index is 0.0853. The highest BCUT2D eigenvalue weighted by Crippen LogP contribution is 2.27. The van der Waals surface area contributed by atoms with Gasteiger partial charge in [0, 0.05) is 25.3 Å². The molecule has 100 valence electrons. The van der Waals surface area contributed by atoms with Crippen LogP contribution in [0.5, 0.6) is 5.75 Å². The van der Waals surface area contributed by atoms with Gasteiger partial charge in [-0.2, -0.15) is 0 Å². The van der Waals surface area contributed by atoms with E-state index in [1.54, 1.807) is 31.4 Å². The van der Waals surface area contributed by atoms with Crippen LogP contribution in [0, 0.1) is 0 Å². The zero-order valence-electron chi connectivity index (χ0n) is 10.4. The van der Waals surface area contributed by atoms with Crippen LogP contribution in [0.2, 0.25) is 0 Å². The van der Waals surface area contributed by atoms with E-state index in [1.165, 1.54) is 6.07 Å². The minimum atomic E-state index is -0.369. The normalized spacial score (nSPS) is 10.4. The van der Waals surface area contributed by atoms with Gasteiger partial charge in [-0.15, -0.1) is 0 Å². The fraction of sp³-hybridized carbons (Fsp3) is 0.231. The van der Waals surface area contributed by atoms with Crippen molar-refractivity contribution >= 4 is 5.91 Å². The van der Waals surface area contributed by atoms with Gasteiger partial charge in [0.2, 0.25) is 5.76 Å². The summed E-state index contributed by atoms with van der Waals surface area (Å²) in [5.41, 5.74) is 0.928. The van der Waals surface area contributed by atoms with Crippen molar-refractivity contribution < 1.29 is 19.2 Å². The van der Waals surface area contributed by atoms with Crippen molar-refractivity contribution in [2.75, 3.05) is 20.3 Å². The summed E-state index contributed by atoms with van der Waals surface area (Å²) in [7, 11) is 1.55. The maximum atomic E-state index is 11.7. The molecule has 0 bridgehead atoms. The van der Waals surface area contributed by atoms with E-state index < -0.39 is 0 Å². The summed E-state index contributed by atoms with van der Waals surface area (Å²) in [4.78, 5) is 11.7. The van der Waals surface area contributed by atoms with Gasteiger partial charge in [0.15, 0.2) is 0 Å². The number of carbonyl (C=O) groups is 1. The van der Waals surface area contributed by atoms with E-state index >= 15 is 0 Å². The number of carbonyl (C=O) groups excluding carboxylic acids is 1. The number of para-hydroxylation sites is 1. The standard InChI is InChI=1S/C13H14N2O4/c1-18-7-6-14-13(17)12-8-10(15-19-12)9-4-2-3-5-11(9)16/h2-5,8,16H,6-7H2,1H3,(H,14,17). The Morgan fingerprint density at radius 2 is 2.26 bits per heavy atom. The van der Waals surface area contributed by atoms with Crippen molar-refractivity contribution in [1.82, 2.24) is 10.5 Å². The first-order chi connectivity index (χ1) is 9.22. The average molecular weight is 262 g/mol. The van der Waals surface area contributed by atoms with Crippen LogP contribution in [0.3, 0.4) is 0 Å². The average Bonchev–Trinajstić information content (AvgIpc) is 2.89. The number of amides is 1. The topological polar surface area (TPSA) is 84.6 Å². The monoisotopic (exact) mass is 262 g/mol. The Labute approximate surface area is 110 Å². The number of benzene rings is 1. The molecule has 6 nitrogen and oxygen atoms in total. The Hall–Kier alpha value is -2.34. The molecule has 0 fully saturated rings. The van der Waals surface area contributed by atoms with E-state index in [-0.39, 0.29) is 17.4 Å². The van der Waals surface area contributed by atoms with Crippen molar-refractivity contribution in [3.8, 4) is 17.0 Å².